The molecule has 0 bridgehead atoms. The van der Waals surface area contributed by atoms with Crippen LogP contribution in [0.25, 0.3) is 0 Å². The van der Waals surface area contributed by atoms with Gasteiger partial charge in [-0.2, -0.15) is 5.10 Å². The first-order valence-corrected chi connectivity index (χ1v) is 5.32. The predicted octanol–water partition coefficient (Wildman–Crippen LogP) is 2.21. The standard InChI is InChI=1S/C11H11ClN4O/c1-6-7(3-2-4-8(6)12)11(17)15-10-9(13)5-14-16-10/h2-5H,13H2,1H3,(H2,14,15,16,17). The van der Waals surface area contributed by atoms with E-state index < -0.39 is 0 Å². The zero-order valence-corrected chi connectivity index (χ0v) is 9.88. The number of amides is 1. The van der Waals surface area contributed by atoms with Crippen LogP contribution < -0.4 is 11.1 Å². The Balaban J connectivity index is 2.27. The molecule has 0 aliphatic carbocycles. The minimum Gasteiger partial charge on any atom is -0.394 e. The van der Waals surface area contributed by atoms with Gasteiger partial charge in [0.05, 0.1) is 11.9 Å². The minimum atomic E-state index is -0.277. The van der Waals surface area contributed by atoms with E-state index in [0.717, 1.165) is 5.56 Å². The smallest absolute Gasteiger partial charge is 0.257 e. The molecule has 2 rings (SSSR count). The fraction of sp³-hybridized carbons (Fsp3) is 0.0909. The van der Waals surface area contributed by atoms with E-state index in [1.807, 2.05) is 0 Å². The van der Waals surface area contributed by atoms with Gasteiger partial charge < -0.3 is 11.1 Å². The van der Waals surface area contributed by atoms with Crippen molar-refractivity contribution in [2.45, 2.75) is 6.92 Å². The number of halogens is 1. The number of benzene rings is 1. The first kappa shape index (κ1) is 11.5. The summed E-state index contributed by atoms with van der Waals surface area (Å²) in [5.74, 6) is 0.107. The third-order valence-electron chi connectivity index (χ3n) is 2.42. The summed E-state index contributed by atoms with van der Waals surface area (Å²) in [4.78, 5) is 12.0. The van der Waals surface area contributed by atoms with Crippen molar-refractivity contribution >= 4 is 29.0 Å². The molecule has 1 amide bonds. The maximum Gasteiger partial charge on any atom is 0.257 e. The molecule has 6 heteroatoms. The molecule has 4 N–H and O–H groups in total. The molecule has 0 spiro atoms. The number of nitrogens with one attached hydrogen (secondary N) is 2. The molecule has 1 heterocycles. The van der Waals surface area contributed by atoms with Crippen LogP contribution in [0.4, 0.5) is 11.5 Å². The van der Waals surface area contributed by atoms with Gasteiger partial charge >= 0.3 is 0 Å². The summed E-state index contributed by atoms with van der Waals surface area (Å²) >= 11 is 5.95. The van der Waals surface area contributed by atoms with E-state index in [9.17, 15) is 4.79 Å². The van der Waals surface area contributed by atoms with Gasteiger partial charge in [-0.05, 0) is 24.6 Å². The lowest BCUT2D eigenvalue weighted by atomic mass is 10.1. The van der Waals surface area contributed by atoms with Gasteiger partial charge in [0.15, 0.2) is 5.82 Å². The zero-order valence-electron chi connectivity index (χ0n) is 9.12. The second kappa shape index (κ2) is 4.47. The van der Waals surface area contributed by atoms with Crippen LogP contribution >= 0.6 is 11.6 Å². The number of nitrogens with zero attached hydrogens (tertiary/aromatic N) is 1. The Morgan fingerprint density at radius 3 is 2.94 bits per heavy atom. The highest BCUT2D eigenvalue weighted by Crippen LogP contribution is 2.20. The van der Waals surface area contributed by atoms with Crippen molar-refractivity contribution in [1.82, 2.24) is 10.2 Å². The van der Waals surface area contributed by atoms with Crippen molar-refractivity contribution < 1.29 is 4.79 Å². The highest BCUT2D eigenvalue weighted by molar-refractivity contribution is 6.32. The SMILES string of the molecule is Cc1c(Cl)cccc1C(=O)Nc1[nH]ncc1N. The summed E-state index contributed by atoms with van der Waals surface area (Å²) in [5.41, 5.74) is 7.22. The van der Waals surface area contributed by atoms with Gasteiger partial charge in [-0.1, -0.05) is 17.7 Å². The Morgan fingerprint density at radius 1 is 1.53 bits per heavy atom. The molecule has 1 aromatic heterocycles. The highest BCUT2D eigenvalue weighted by atomic mass is 35.5. The predicted molar refractivity (Wildman–Crippen MR) is 67.1 cm³/mol. The lowest BCUT2D eigenvalue weighted by Crippen LogP contribution is -2.14. The first-order chi connectivity index (χ1) is 8.09. The molecule has 0 saturated carbocycles. The lowest BCUT2D eigenvalue weighted by molar-refractivity contribution is 0.102. The van der Waals surface area contributed by atoms with Crippen LogP contribution in [-0.2, 0) is 0 Å². The van der Waals surface area contributed by atoms with Gasteiger partial charge in [-0.3, -0.25) is 9.89 Å². The fourth-order valence-corrected chi connectivity index (χ4v) is 1.60. The van der Waals surface area contributed by atoms with E-state index in [2.05, 4.69) is 15.5 Å². The first-order valence-electron chi connectivity index (χ1n) is 4.95. The summed E-state index contributed by atoms with van der Waals surface area (Å²) in [6.07, 6.45) is 1.43. The number of anilines is 2. The Hall–Kier alpha value is -2.01. The molecule has 0 radical (unpaired) electrons. The number of aromatic amines is 1. The van der Waals surface area contributed by atoms with Gasteiger partial charge in [0.1, 0.15) is 0 Å². The minimum absolute atomic E-state index is 0.277. The van der Waals surface area contributed by atoms with Crippen molar-refractivity contribution in [3.8, 4) is 0 Å². The summed E-state index contributed by atoms with van der Waals surface area (Å²) < 4.78 is 0. The number of H-pyrrole nitrogens is 1. The van der Waals surface area contributed by atoms with Gasteiger partial charge in [0.2, 0.25) is 0 Å². The normalized spacial score (nSPS) is 10.2. The molecule has 0 aliphatic rings. The number of carbonyl (C=O) groups is 1. The van der Waals surface area contributed by atoms with E-state index in [4.69, 9.17) is 17.3 Å². The third-order valence-corrected chi connectivity index (χ3v) is 2.83. The molecule has 0 saturated heterocycles. The number of hydrogen-bond acceptors (Lipinski definition) is 3. The average molecular weight is 251 g/mol. The largest absolute Gasteiger partial charge is 0.394 e. The Labute approximate surface area is 103 Å². The van der Waals surface area contributed by atoms with E-state index in [1.54, 1.807) is 25.1 Å². The Morgan fingerprint density at radius 2 is 2.29 bits per heavy atom. The summed E-state index contributed by atoms with van der Waals surface area (Å²) in [7, 11) is 0. The summed E-state index contributed by atoms with van der Waals surface area (Å²) in [5, 5.41) is 9.50. The lowest BCUT2D eigenvalue weighted by Gasteiger charge is -2.07. The number of rotatable bonds is 2. The van der Waals surface area contributed by atoms with Gasteiger partial charge in [0.25, 0.3) is 5.91 Å². The molecule has 0 unspecified atom stereocenters. The molecule has 2 aromatic rings. The maximum absolute atomic E-state index is 12.0. The number of nitrogens with two attached hydrogens (primary N) is 1. The van der Waals surface area contributed by atoms with Crippen LogP contribution in [-0.4, -0.2) is 16.1 Å². The molecule has 17 heavy (non-hydrogen) atoms. The second-order valence-corrected chi connectivity index (χ2v) is 3.97. The van der Waals surface area contributed by atoms with Crippen LogP contribution in [0.1, 0.15) is 15.9 Å². The molecule has 5 nitrogen and oxygen atoms in total. The zero-order chi connectivity index (χ0) is 12.4. The summed E-state index contributed by atoms with van der Waals surface area (Å²) in [6.45, 7) is 1.79. The van der Waals surface area contributed by atoms with Crippen LogP contribution in [0.15, 0.2) is 24.4 Å². The van der Waals surface area contributed by atoms with E-state index in [-0.39, 0.29) is 5.91 Å². The van der Waals surface area contributed by atoms with Crippen molar-refractivity contribution in [2.24, 2.45) is 0 Å². The van der Waals surface area contributed by atoms with Crippen LogP contribution in [0.3, 0.4) is 0 Å². The molecular weight excluding hydrogens is 240 g/mol. The molecule has 0 atom stereocenters. The number of aromatic nitrogens is 2. The van der Waals surface area contributed by atoms with E-state index in [1.165, 1.54) is 6.20 Å². The van der Waals surface area contributed by atoms with Crippen molar-refractivity contribution in [2.75, 3.05) is 11.1 Å². The van der Waals surface area contributed by atoms with Crippen LogP contribution in [0, 0.1) is 6.92 Å². The number of nitrogen functional groups attached to an aromatic ring is 1. The Kier molecular flexibility index (Phi) is 3.01. The van der Waals surface area contributed by atoms with Crippen molar-refractivity contribution in [3.05, 3.63) is 40.5 Å². The maximum atomic E-state index is 12.0. The molecule has 0 aliphatic heterocycles. The van der Waals surface area contributed by atoms with E-state index in [0.29, 0.717) is 22.1 Å². The average Bonchev–Trinajstić information content (AvgIpc) is 2.68. The molecule has 0 fully saturated rings. The molecular formula is C11H11ClN4O. The van der Waals surface area contributed by atoms with Gasteiger partial charge in [0, 0.05) is 10.6 Å². The highest BCUT2D eigenvalue weighted by Gasteiger charge is 2.12. The quantitative estimate of drug-likeness (QED) is 0.764. The number of carbonyl (C=O) groups excluding carboxylic acids is 1. The van der Waals surface area contributed by atoms with Crippen molar-refractivity contribution in [3.63, 3.8) is 0 Å². The number of hydrogen-bond donors (Lipinski definition) is 3. The van der Waals surface area contributed by atoms with Gasteiger partial charge in [-0.25, -0.2) is 0 Å². The molecule has 1 aromatic carbocycles. The monoisotopic (exact) mass is 250 g/mol. The van der Waals surface area contributed by atoms with Crippen LogP contribution in [0.5, 0.6) is 0 Å². The fourth-order valence-electron chi connectivity index (χ4n) is 1.43. The Bertz CT molecular complexity index is 564. The second-order valence-electron chi connectivity index (χ2n) is 3.57. The summed E-state index contributed by atoms with van der Waals surface area (Å²) in [6, 6.07) is 5.15. The third kappa shape index (κ3) is 2.24. The van der Waals surface area contributed by atoms with E-state index >= 15 is 0 Å². The molecule has 88 valence electrons. The van der Waals surface area contributed by atoms with Crippen LogP contribution in [0.2, 0.25) is 5.02 Å². The topological polar surface area (TPSA) is 83.8 Å². The van der Waals surface area contributed by atoms with Crippen molar-refractivity contribution in [1.29, 1.82) is 0 Å². The van der Waals surface area contributed by atoms with Gasteiger partial charge in [-0.15, -0.1) is 0 Å².